The molecule has 1 aromatic heterocycles. The lowest BCUT2D eigenvalue weighted by Gasteiger charge is -2.39. The maximum absolute atomic E-state index is 12.1. The molecule has 0 spiro atoms. The number of Topliss-reactive ketones (excluding diaryl/α,β-unsaturated/α-hetero) is 1. The van der Waals surface area contributed by atoms with Crippen LogP contribution in [-0.4, -0.2) is 21.9 Å². The smallest absolute Gasteiger partial charge is 0.147 e. The van der Waals surface area contributed by atoms with Crippen LogP contribution in [-0.2, 0) is 18.3 Å². The van der Waals surface area contributed by atoms with Crippen molar-refractivity contribution in [1.29, 1.82) is 0 Å². The highest BCUT2D eigenvalue weighted by atomic mass is 16.1. The molecule has 1 fully saturated rings. The maximum Gasteiger partial charge on any atom is 0.147 e. The molecule has 0 radical (unpaired) electrons. The van der Waals surface area contributed by atoms with Crippen LogP contribution in [0.2, 0.25) is 0 Å². The molecular weight excluding hydrogens is 190 g/mol. The number of imidazole rings is 1. The van der Waals surface area contributed by atoms with Crippen LogP contribution in [0.4, 0.5) is 0 Å². The molecule has 0 aromatic carbocycles. The second kappa shape index (κ2) is 3.77. The van der Waals surface area contributed by atoms with Crippen LogP contribution < -0.4 is 5.73 Å². The predicted octanol–water partition coefficient (Wildman–Crippen LogP) is 0.661. The number of aromatic nitrogens is 2. The third kappa shape index (κ3) is 1.69. The Hall–Kier alpha value is -1.16. The molecule has 0 bridgehead atoms. The zero-order valence-corrected chi connectivity index (χ0v) is 9.07. The van der Waals surface area contributed by atoms with Crippen molar-refractivity contribution in [2.45, 2.75) is 25.7 Å². The van der Waals surface area contributed by atoms with Crippen molar-refractivity contribution in [3.05, 3.63) is 18.2 Å². The molecule has 15 heavy (non-hydrogen) atoms. The largest absolute Gasteiger partial charge is 0.338 e. The van der Waals surface area contributed by atoms with Gasteiger partial charge in [-0.2, -0.15) is 0 Å². The van der Waals surface area contributed by atoms with Crippen LogP contribution in [0.5, 0.6) is 0 Å². The molecule has 4 nitrogen and oxygen atoms in total. The van der Waals surface area contributed by atoms with E-state index < -0.39 is 0 Å². The number of rotatable bonds is 4. The Morgan fingerprint density at radius 3 is 2.80 bits per heavy atom. The van der Waals surface area contributed by atoms with Crippen LogP contribution in [0, 0.1) is 5.41 Å². The second-order valence-electron chi connectivity index (χ2n) is 4.39. The minimum absolute atomic E-state index is 0.230. The fourth-order valence-corrected chi connectivity index (χ4v) is 2.10. The van der Waals surface area contributed by atoms with E-state index in [4.69, 9.17) is 5.73 Å². The first kappa shape index (κ1) is 10.4. The lowest BCUT2D eigenvalue weighted by Crippen LogP contribution is -2.45. The monoisotopic (exact) mass is 207 g/mol. The van der Waals surface area contributed by atoms with Gasteiger partial charge in [0.15, 0.2) is 0 Å². The summed E-state index contributed by atoms with van der Waals surface area (Å²) in [6, 6.07) is 0. The lowest BCUT2D eigenvalue weighted by atomic mass is 9.65. The summed E-state index contributed by atoms with van der Waals surface area (Å²) in [5, 5.41) is 0. The number of ketones is 1. The van der Waals surface area contributed by atoms with Crippen molar-refractivity contribution in [1.82, 2.24) is 9.55 Å². The van der Waals surface area contributed by atoms with Crippen LogP contribution in [0.15, 0.2) is 12.4 Å². The molecule has 0 saturated heterocycles. The highest BCUT2D eigenvalue weighted by Gasteiger charge is 2.42. The number of carbonyl (C=O) groups is 1. The maximum atomic E-state index is 12.1. The Labute approximate surface area is 89.5 Å². The van der Waals surface area contributed by atoms with E-state index in [1.54, 1.807) is 6.20 Å². The van der Waals surface area contributed by atoms with Gasteiger partial charge in [-0.1, -0.05) is 6.42 Å². The quantitative estimate of drug-likeness (QED) is 0.789. The molecule has 1 saturated carbocycles. The van der Waals surface area contributed by atoms with Gasteiger partial charge in [0, 0.05) is 31.4 Å². The normalized spacial score (nSPS) is 18.5. The molecular formula is C11H17N3O. The first-order valence-electron chi connectivity index (χ1n) is 5.37. The Balaban J connectivity index is 2.07. The van der Waals surface area contributed by atoms with E-state index in [0.29, 0.717) is 13.0 Å². The molecule has 0 aliphatic heterocycles. The van der Waals surface area contributed by atoms with Crippen LogP contribution in [0.3, 0.4) is 0 Å². The predicted molar refractivity (Wildman–Crippen MR) is 57.3 cm³/mol. The molecule has 1 aromatic rings. The van der Waals surface area contributed by atoms with Crippen LogP contribution in [0.1, 0.15) is 25.1 Å². The van der Waals surface area contributed by atoms with Crippen LogP contribution >= 0.6 is 0 Å². The van der Waals surface area contributed by atoms with Crippen LogP contribution in [0.25, 0.3) is 0 Å². The summed E-state index contributed by atoms with van der Waals surface area (Å²) in [7, 11) is 1.91. The van der Waals surface area contributed by atoms with Gasteiger partial charge in [-0.25, -0.2) is 4.98 Å². The number of carbonyl (C=O) groups excluding carboxylic acids is 1. The van der Waals surface area contributed by atoms with Gasteiger partial charge in [0.05, 0.1) is 6.42 Å². The van der Waals surface area contributed by atoms with E-state index in [9.17, 15) is 4.79 Å². The minimum Gasteiger partial charge on any atom is -0.338 e. The van der Waals surface area contributed by atoms with Crippen molar-refractivity contribution in [2.75, 3.05) is 6.54 Å². The zero-order valence-electron chi connectivity index (χ0n) is 9.07. The number of nitrogens with two attached hydrogens (primary N) is 1. The molecule has 2 N–H and O–H groups in total. The third-order valence-corrected chi connectivity index (χ3v) is 3.53. The summed E-state index contributed by atoms with van der Waals surface area (Å²) in [4.78, 5) is 16.2. The summed E-state index contributed by atoms with van der Waals surface area (Å²) < 4.78 is 1.89. The topological polar surface area (TPSA) is 60.9 Å². The SMILES string of the molecule is Cn1ccnc1CC(=O)C1(CN)CCC1. The average molecular weight is 207 g/mol. The van der Waals surface area contributed by atoms with E-state index in [0.717, 1.165) is 25.1 Å². The van der Waals surface area contributed by atoms with Crippen molar-refractivity contribution in [2.24, 2.45) is 18.2 Å². The summed E-state index contributed by atoms with van der Waals surface area (Å²) in [5.74, 6) is 1.09. The molecule has 0 amide bonds. The fraction of sp³-hybridized carbons (Fsp3) is 0.636. The Bertz CT molecular complexity index is 360. The van der Waals surface area contributed by atoms with E-state index in [-0.39, 0.29) is 11.2 Å². The number of hydrogen-bond acceptors (Lipinski definition) is 3. The summed E-state index contributed by atoms with van der Waals surface area (Å²) in [5.41, 5.74) is 5.46. The summed E-state index contributed by atoms with van der Waals surface area (Å²) in [6.45, 7) is 0.482. The number of nitrogens with zero attached hydrogens (tertiary/aromatic N) is 2. The molecule has 0 unspecified atom stereocenters. The van der Waals surface area contributed by atoms with E-state index >= 15 is 0 Å². The summed E-state index contributed by atoms with van der Waals surface area (Å²) in [6.07, 6.45) is 7.03. The first-order valence-corrected chi connectivity index (χ1v) is 5.37. The third-order valence-electron chi connectivity index (χ3n) is 3.53. The number of aryl methyl sites for hydroxylation is 1. The van der Waals surface area contributed by atoms with E-state index in [1.807, 2.05) is 17.8 Å². The first-order chi connectivity index (χ1) is 7.18. The Morgan fingerprint density at radius 1 is 1.67 bits per heavy atom. The molecule has 1 aliphatic rings. The summed E-state index contributed by atoms with van der Waals surface area (Å²) >= 11 is 0. The van der Waals surface area contributed by atoms with Gasteiger partial charge < -0.3 is 10.3 Å². The molecule has 1 heterocycles. The van der Waals surface area contributed by atoms with Gasteiger partial charge in [-0.15, -0.1) is 0 Å². The van der Waals surface area contributed by atoms with Gasteiger partial charge in [0.25, 0.3) is 0 Å². The van der Waals surface area contributed by atoms with E-state index in [1.165, 1.54) is 0 Å². The van der Waals surface area contributed by atoms with Gasteiger partial charge in [-0.3, -0.25) is 4.79 Å². The number of hydrogen-bond donors (Lipinski definition) is 1. The second-order valence-corrected chi connectivity index (χ2v) is 4.39. The highest BCUT2D eigenvalue weighted by molar-refractivity contribution is 5.87. The van der Waals surface area contributed by atoms with Crippen molar-refractivity contribution in [3.63, 3.8) is 0 Å². The molecule has 82 valence electrons. The van der Waals surface area contributed by atoms with Crippen molar-refractivity contribution in [3.8, 4) is 0 Å². The van der Waals surface area contributed by atoms with Gasteiger partial charge >= 0.3 is 0 Å². The minimum atomic E-state index is -0.230. The molecule has 2 rings (SSSR count). The fourth-order valence-electron chi connectivity index (χ4n) is 2.10. The highest BCUT2D eigenvalue weighted by Crippen LogP contribution is 2.41. The van der Waals surface area contributed by atoms with Gasteiger partial charge in [0.2, 0.25) is 0 Å². The van der Waals surface area contributed by atoms with Gasteiger partial charge in [0.1, 0.15) is 11.6 Å². The Morgan fingerprint density at radius 2 is 2.40 bits per heavy atom. The van der Waals surface area contributed by atoms with Crippen molar-refractivity contribution < 1.29 is 4.79 Å². The van der Waals surface area contributed by atoms with Crippen molar-refractivity contribution >= 4 is 5.78 Å². The zero-order chi connectivity index (χ0) is 10.9. The molecule has 1 aliphatic carbocycles. The Kier molecular flexibility index (Phi) is 2.61. The standard InChI is InChI=1S/C11H17N3O/c1-14-6-5-13-10(14)7-9(15)11(8-12)3-2-4-11/h5-6H,2-4,7-8,12H2,1H3. The molecule has 0 atom stereocenters. The van der Waals surface area contributed by atoms with E-state index in [2.05, 4.69) is 4.98 Å². The average Bonchev–Trinajstić information content (AvgIpc) is 2.51. The van der Waals surface area contributed by atoms with Gasteiger partial charge in [-0.05, 0) is 12.8 Å². The lowest BCUT2D eigenvalue weighted by molar-refractivity contribution is -0.132. The molecule has 4 heteroatoms.